The molecule has 0 bridgehead atoms. The maximum absolute atomic E-state index is 12.3. The summed E-state index contributed by atoms with van der Waals surface area (Å²) in [6.07, 6.45) is 1.87. The molecule has 1 aromatic carbocycles. The Morgan fingerprint density at radius 2 is 1.96 bits per heavy atom. The summed E-state index contributed by atoms with van der Waals surface area (Å²) < 4.78 is 10.3. The first-order chi connectivity index (χ1) is 13.7. The molecule has 2 heterocycles. The molecule has 0 unspecified atom stereocenters. The first-order valence-corrected chi connectivity index (χ1v) is 9.27. The highest BCUT2D eigenvalue weighted by Gasteiger charge is 2.23. The van der Waals surface area contributed by atoms with Crippen molar-refractivity contribution < 1.29 is 23.6 Å². The summed E-state index contributed by atoms with van der Waals surface area (Å²) in [5, 5.41) is 6.48. The van der Waals surface area contributed by atoms with Crippen LogP contribution in [0.25, 0.3) is 0 Å². The highest BCUT2D eigenvalue weighted by molar-refractivity contribution is 5.92. The van der Waals surface area contributed by atoms with Crippen molar-refractivity contribution >= 4 is 18.1 Å². The fourth-order valence-corrected chi connectivity index (χ4v) is 2.98. The number of nitrogens with one attached hydrogen (secondary N) is 1. The Bertz CT molecular complexity index is 799. The molecule has 0 radical (unpaired) electrons. The number of nitrogens with zero attached hydrogens (tertiary/aromatic N) is 2. The number of carbonyl (C=O) groups excluding carboxylic acids is 3. The lowest BCUT2D eigenvalue weighted by Crippen LogP contribution is -2.40. The number of aryl methyl sites for hydroxylation is 1. The van der Waals surface area contributed by atoms with Crippen LogP contribution in [0.3, 0.4) is 0 Å². The fourth-order valence-electron chi connectivity index (χ4n) is 2.98. The second-order valence-electron chi connectivity index (χ2n) is 6.60. The van der Waals surface area contributed by atoms with Crippen LogP contribution in [-0.2, 0) is 27.2 Å². The van der Waals surface area contributed by atoms with Gasteiger partial charge in [-0.15, -0.1) is 0 Å². The van der Waals surface area contributed by atoms with Gasteiger partial charge in [-0.3, -0.25) is 9.59 Å². The van der Waals surface area contributed by atoms with Crippen molar-refractivity contribution in [3.8, 4) is 0 Å². The van der Waals surface area contributed by atoms with Crippen LogP contribution in [0.1, 0.15) is 28.2 Å². The predicted octanol–water partition coefficient (Wildman–Crippen LogP) is 1.01. The molecule has 0 aliphatic carbocycles. The minimum atomic E-state index is -0.575. The Labute approximate surface area is 162 Å². The lowest BCUT2D eigenvalue weighted by atomic mass is 10.1. The van der Waals surface area contributed by atoms with E-state index in [2.05, 4.69) is 10.5 Å². The van der Waals surface area contributed by atoms with Crippen molar-refractivity contribution in [1.82, 2.24) is 15.4 Å². The van der Waals surface area contributed by atoms with E-state index in [9.17, 15) is 14.4 Å². The van der Waals surface area contributed by atoms with Crippen LogP contribution < -0.4 is 5.32 Å². The highest BCUT2D eigenvalue weighted by Crippen LogP contribution is 2.10. The van der Waals surface area contributed by atoms with Crippen molar-refractivity contribution in [2.75, 3.05) is 26.3 Å². The zero-order chi connectivity index (χ0) is 19.8. The molecule has 1 saturated heterocycles. The number of aromatic nitrogens is 1. The number of hydrogen-bond donors (Lipinski definition) is 1. The molecule has 1 atom stereocenters. The highest BCUT2D eigenvalue weighted by atomic mass is 16.5. The summed E-state index contributed by atoms with van der Waals surface area (Å²) in [5.74, 6) is -0.513. The number of ether oxygens (including phenoxy) is 1. The van der Waals surface area contributed by atoms with Crippen LogP contribution in [0.5, 0.6) is 0 Å². The molecule has 2 amide bonds. The lowest BCUT2D eigenvalue weighted by Gasteiger charge is -2.25. The van der Waals surface area contributed by atoms with E-state index < -0.39 is 6.04 Å². The first kappa shape index (κ1) is 19.8. The van der Waals surface area contributed by atoms with E-state index in [1.165, 1.54) is 6.07 Å². The summed E-state index contributed by atoms with van der Waals surface area (Å²) in [7, 11) is 0. The Morgan fingerprint density at radius 1 is 1.21 bits per heavy atom. The summed E-state index contributed by atoms with van der Waals surface area (Å²) >= 11 is 0. The number of aldehydes is 1. The largest absolute Gasteiger partial charge is 0.378 e. The monoisotopic (exact) mass is 385 g/mol. The van der Waals surface area contributed by atoms with E-state index in [1.807, 2.05) is 30.3 Å². The Kier molecular flexibility index (Phi) is 6.91. The molecule has 0 spiro atoms. The zero-order valence-corrected chi connectivity index (χ0v) is 15.5. The number of morpholine rings is 1. The standard InChI is InChI=1S/C20H23N3O5/c24-14-16(7-6-15-4-2-1-3-5-15)21-19(25)13-17-12-18(28-22-17)20(26)23-8-10-27-11-9-23/h1-5,12,14,16H,6-11,13H2,(H,21,25)/t16-/m0/s1. The van der Waals surface area contributed by atoms with Gasteiger partial charge < -0.3 is 24.3 Å². The molecule has 0 saturated carbocycles. The van der Waals surface area contributed by atoms with Crippen molar-refractivity contribution in [2.45, 2.75) is 25.3 Å². The van der Waals surface area contributed by atoms with Crippen LogP contribution in [0.15, 0.2) is 40.9 Å². The molecule has 8 heteroatoms. The maximum atomic E-state index is 12.3. The Hall–Kier alpha value is -3.00. The summed E-state index contributed by atoms with van der Waals surface area (Å²) in [4.78, 5) is 37.4. The average Bonchev–Trinajstić information content (AvgIpc) is 3.20. The molecule has 1 aliphatic heterocycles. The van der Waals surface area contributed by atoms with Gasteiger partial charge in [-0.25, -0.2) is 0 Å². The van der Waals surface area contributed by atoms with Gasteiger partial charge in [0.2, 0.25) is 11.7 Å². The third kappa shape index (κ3) is 5.50. The third-order valence-electron chi connectivity index (χ3n) is 4.51. The normalized spacial score (nSPS) is 15.1. The number of carbonyl (C=O) groups is 3. The van der Waals surface area contributed by atoms with Crippen LogP contribution in [0.2, 0.25) is 0 Å². The number of benzene rings is 1. The van der Waals surface area contributed by atoms with Crippen LogP contribution in [-0.4, -0.2) is 60.5 Å². The van der Waals surface area contributed by atoms with Gasteiger partial charge >= 0.3 is 0 Å². The van der Waals surface area contributed by atoms with Crippen molar-refractivity contribution in [3.05, 3.63) is 53.4 Å². The van der Waals surface area contributed by atoms with Crippen molar-refractivity contribution in [2.24, 2.45) is 0 Å². The Morgan fingerprint density at radius 3 is 2.68 bits per heavy atom. The average molecular weight is 385 g/mol. The predicted molar refractivity (Wildman–Crippen MR) is 99.7 cm³/mol. The van der Waals surface area contributed by atoms with Gasteiger partial charge in [-0.1, -0.05) is 35.5 Å². The number of hydrogen-bond acceptors (Lipinski definition) is 6. The molecule has 148 valence electrons. The van der Waals surface area contributed by atoms with E-state index in [4.69, 9.17) is 9.26 Å². The molecule has 1 aromatic heterocycles. The van der Waals surface area contributed by atoms with E-state index in [0.29, 0.717) is 44.8 Å². The van der Waals surface area contributed by atoms with E-state index >= 15 is 0 Å². The van der Waals surface area contributed by atoms with E-state index in [1.54, 1.807) is 4.90 Å². The van der Waals surface area contributed by atoms with Gasteiger partial charge in [0.05, 0.1) is 31.4 Å². The quantitative estimate of drug-likeness (QED) is 0.681. The van der Waals surface area contributed by atoms with E-state index in [0.717, 1.165) is 11.8 Å². The third-order valence-corrected chi connectivity index (χ3v) is 4.51. The molecule has 1 fully saturated rings. The molecule has 28 heavy (non-hydrogen) atoms. The van der Waals surface area contributed by atoms with Gasteiger partial charge in [-0.2, -0.15) is 0 Å². The maximum Gasteiger partial charge on any atom is 0.292 e. The molecule has 1 aliphatic rings. The van der Waals surface area contributed by atoms with Crippen LogP contribution in [0, 0.1) is 0 Å². The molecule has 2 aromatic rings. The fraction of sp³-hybridized carbons (Fsp3) is 0.400. The summed E-state index contributed by atoms with van der Waals surface area (Å²) in [6, 6.07) is 10.6. The van der Waals surface area contributed by atoms with Crippen LogP contribution >= 0.6 is 0 Å². The summed E-state index contributed by atoms with van der Waals surface area (Å²) in [6.45, 7) is 1.98. The topological polar surface area (TPSA) is 102 Å². The SMILES string of the molecule is O=C[C@H](CCc1ccccc1)NC(=O)Cc1cc(C(=O)N2CCOCC2)on1. The zero-order valence-electron chi connectivity index (χ0n) is 15.5. The smallest absolute Gasteiger partial charge is 0.292 e. The van der Waals surface area contributed by atoms with Gasteiger partial charge in [0, 0.05) is 19.2 Å². The Balaban J connectivity index is 1.49. The molecular weight excluding hydrogens is 362 g/mol. The molecule has 3 rings (SSSR count). The minimum Gasteiger partial charge on any atom is -0.378 e. The number of amides is 2. The molecular formula is C20H23N3O5. The second kappa shape index (κ2) is 9.80. The van der Waals surface area contributed by atoms with Gasteiger partial charge in [-0.05, 0) is 18.4 Å². The van der Waals surface area contributed by atoms with Gasteiger partial charge in [0.25, 0.3) is 5.91 Å². The van der Waals surface area contributed by atoms with E-state index in [-0.39, 0.29) is 24.0 Å². The van der Waals surface area contributed by atoms with Gasteiger partial charge in [0.15, 0.2) is 0 Å². The van der Waals surface area contributed by atoms with Crippen molar-refractivity contribution in [1.29, 1.82) is 0 Å². The minimum absolute atomic E-state index is 0.0600. The van der Waals surface area contributed by atoms with Crippen molar-refractivity contribution in [3.63, 3.8) is 0 Å². The second-order valence-corrected chi connectivity index (χ2v) is 6.60. The van der Waals surface area contributed by atoms with Crippen LogP contribution in [0.4, 0.5) is 0 Å². The first-order valence-electron chi connectivity index (χ1n) is 9.27. The number of rotatable bonds is 8. The lowest BCUT2D eigenvalue weighted by molar-refractivity contribution is -0.123. The molecule has 1 N–H and O–H groups in total. The van der Waals surface area contributed by atoms with Gasteiger partial charge in [0.1, 0.15) is 6.29 Å². The summed E-state index contributed by atoms with van der Waals surface area (Å²) in [5.41, 5.74) is 1.45. The molecule has 8 nitrogen and oxygen atoms in total.